The van der Waals surface area contributed by atoms with Gasteiger partial charge in [-0.05, 0) is 81.7 Å². The van der Waals surface area contributed by atoms with Gasteiger partial charge in [-0.15, -0.1) is 0 Å². The molecule has 2 nitrogen and oxygen atoms in total. The first-order valence-corrected chi connectivity index (χ1v) is 8.91. The highest BCUT2D eigenvalue weighted by Gasteiger charge is 2.32. The molecule has 0 saturated heterocycles. The van der Waals surface area contributed by atoms with Crippen molar-refractivity contribution in [3.63, 3.8) is 0 Å². The van der Waals surface area contributed by atoms with Gasteiger partial charge in [-0.1, -0.05) is 15.9 Å². The van der Waals surface area contributed by atoms with E-state index in [-0.39, 0.29) is 5.54 Å². The van der Waals surface area contributed by atoms with E-state index < -0.39 is 0 Å². The van der Waals surface area contributed by atoms with Crippen LogP contribution in [0.2, 0.25) is 0 Å². The quantitative estimate of drug-likeness (QED) is 0.870. The molecule has 0 radical (unpaired) electrons. The standard InChI is InChI=1S/C18H26BrNO/c1-18(2,3)20-11-14-5-4-12(14)8-15-10-16(19)9-13-6-7-21-17(13)15/h9-10,12,14,20H,4-8,11H2,1-3H3. The SMILES string of the molecule is CC(C)(C)NCC1CCC1Cc1cc(Br)cc2c1OCC2. The molecule has 3 rings (SSSR count). The van der Waals surface area contributed by atoms with Gasteiger partial charge in [0.2, 0.25) is 0 Å². The third-order valence-corrected chi connectivity index (χ3v) is 5.23. The van der Waals surface area contributed by atoms with Crippen LogP contribution in [0.3, 0.4) is 0 Å². The molecule has 0 amide bonds. The van der Waals surface area contributed by atoms with Crippen molar-refractivity contribution in [2.24, 2.45) is 11.8 Å². The summed E-state index contributed by atoms with van der Waals surface area (Å²) >= 11 is 3.65. The summed E-state index contributed by atoms with van der Waals surface area (Å²) in [5, 5.41) is 3.66. The molecule has 1 heterocycles. The summed E-state index contributed by atoms with van der Waals surface area (Å²) < 4.78 is 7.07. The lowest BCUT2D eigenvalue weighted by Crippen LogP contribution is -2.44. The third-order valence-electron chi connectivity index (χ3n) is 4.78. The van der Waals surface area contributed by atoms with Gasteiger partial charge in [0, 0.05) is 16.4 Å². The zero-order valence-electron chi connectivity index (χ0n) is 13.3. The van der Waals surface area contributed by atoms with Gasteiger partial charge in [-0.2, -0.15) is 0 Å². The number of rotatable bonds is 4. The van der Waals surface area contributed by atoms with E-state index in [1.54, 1.807) is 0 Å². The molecule has 1 N–H and O–H groups in total. The van der Waals surface area contributed by atoms with Crippen LogP contribution in [0.25, 0.3) is 0 Å². The molecule has 2 unspecified atom stereocenters. The van der Waals surface area contributed by atoms with Crippen LogP contribution >= 0.6 is 15.9 Å². The highest BCUT2D eigenvalue weighted by atomic mass is 79.9. The summed E-state index contributed by atoms with van der Waals surface area (Å²) in [5.74, 6) is 2.80. The fourth-order valence-corrected chi connectivity index (χ4v) is 3.95. The Morgan fingerprint density at radius 2 is 2.00 bits per heavy atom. The van der Waals surface area contributed by atoms with E-state index in [4.69, 9.17) is 4.74 Å². The first-order chi connectivity index (χ1) is 9.92. The van der Waals surface area contributed by atoms with E-state index in [2.05, 4.69) is 54.2 Å². The van der Waals surface area contributed by atoms with Crippen molar-refractivity contribution >= 4 is 15.9 Å². The highest BCUT2D eigenvalue weighted by Crippen LogP contribution is 2.41. The number of nitrogens with one attached hydrogen (secondary N) is 1. The molecule has 116 valence electrons. The van der Waals surface area contributed by atoms with Crippen molar-refractivity contribution in [3.05, 3.63) is 27.7 Å². The van der Waals surface area contributed by atoms with Gasteiger partial charge in [0.15, 0.2) is 0 Å². The van der Waals surface area contributed by atoms with E-state index in [0.717, 1.165) is 37.8 Å². The molecule has 1 fully saturated rings. The van der Waals surface area contributed by atoms with Crippen LogP contribution in [-0.4, -0.2) is 18.7 Å². The predicted octanol–water partition coefficient (Wildman–Crippen LogP) is 4.34. The van der Waals surface area contributed by atoms with Gasteiger partial charge in [-0.25, -0.2) is 0 Å². The second kappa shape index (κ2) is 5.92. The van der Waals surface area contributed by atoms with Gasteiger partial charge in [0.1, 0.15) is 5.75 Å². The molecule has 2 aliphatic rings. The molecule has 0 spiro atoms. The van der Waals surface area contributed by atoms with E-state index in [1.807, 2.05) is 0 Å². The normalized spacial score (nSPS) is 24.4. The van der Waals surface area contributed by atoms with E-state index in [9.17, 15) is 0 Å². The van der Waals surface area contributed by atoms with E-state index in [1.165, 1.54) is 34.2 Å². The molecule has 0 aromatic heterocycles. The van der Waals surface area contributed by atoms with Crippen molar-refractivity contribution in [2.45, 2.75) is 52.0 Å². The van der Waals surface area contributed by atoms with Crippen LogP contribution in [-0.2, 0) is 12.8 Å². The molecule has 1 aliphatic heterocycles. The first kappa shape index (κ1) is 15.4. The van der Waals surface area contributed by atoms with Gasteiger partial charge >= 0.3 is 0 Å². The second-order valence-electron chi connectivity index (χ2n) is 7.58. The zero-order chi connectivity index (χ0) is 15.0. The van der Waals surface area contributed by atoms with E-state index >= 15 is 0 Å². The van der Waals surface area contributed by atoms with Gasteiger partial charge in [0.25, 0.3) is 0 Å². The van der Waals surface area contributed by atoms with Crippen molar-refractivity contribution < 1.29 is 4.74 Å². The van der Waals surface area contributed by atoms with Gasteiger partial charge in [-0.3, -0.25) is 0 Å². The molecule has 1 aromatic carbocycles. The summed E-state index contributed by atoms with van der Waals surface area (Å²) in [6.45, 7) is 8.73. The number of hydrogen-bond acceptors (Lipinski definition) is 2. The number of fused-ring (bicyclic) bond motifs is 1. The minimum atomic E-state index is 0.222. The average Bonchev–Trinajstić information content (AvgIpc) is 2.80. The predicted molar refractivity (Wildman–Crippen MR) is 91.0 cm³/mol. The maximum absolute atomic E-state index is 5.87. The Labute approximate surface area is 136 Å². The molecule has 21 heavy (non-hydrogen) atoms. The summed E-state index contributed by atoms with van der Waals surface area (Å²) in [4.78, 5) is 0. The zero-order valence-corrected chi connectivity index (χ0v) is 14.9. The van der Waals surface area contributed by atoms with E-state index in [0.29, 0.717) is 0 Å². The summed E-state index contributed by atoms with van der Waals surface area (Å²) in [5.41, 5.74) is 3.01. The third kappa shape index (κ3) is 3.62. The van der Waals surface area contributed by atoms with Gasteiger partial charge in [0.05, 0.1) is 6.61 Å². The van der Waals surface area contributed by atoms with Crippen molar-refractivity contribution in [1.29, 1.82) is 0 Å². The Kier molecular flexibility index (Phi) is 4.33. The smallest absolute Gasteiger partial charge is 0.125 e. The van der Waals surface area contributed by atoms with Crippen molar-refractivity contribution in [1.82, 2.24) is 5.32 Å². The summed E-state index contributed by atoms with van der Waals surface area (Å²) in [6, 6.07) is 4.47. The van der Waals surface area contributed by atoms with Crippen LogP contribution in [0.5, 0.6) is 5.75 Å². The minimum Gasteiger partial charge on any atom is -0.493 e. The first-order valence-electron chi connectivity index (χ1n) is 8.11. The molecule has 1 aliphatic carbocycles. The summed E-state index contributed by atoms with van der Waals surface area (Å²) in [7, 11) is 0. The molecular weight excluding hydrogens is 326 g/mol. The Morgan fingerprint density at radius 3 is 2.67 bits per heavy atom. The van der Waals surface area contributed by atoms with Crippen molar-refractivity contribution in [3.8, 4) is 5.75 Å². The van der Waals surface area contributed by atoms with Gasteiger partial charge < -0.3 is 10.1 Å². The van der Waals surface area contributed by atoms with Crippen LogP contribution < -0.4 is 10.1 Å². The van der Waals surface area contributed by atoms with Crippen LogP contribution in [0.4, 0.5) is 0 Å². The lowest BCUT2D eigenvalue weighted by Gasteiger charge is -2.39. The number of halogens is 1. The maximum Gasteiger partial charge on any atom is 0.125 e. The minimum absolute atomic E-state index is 0.222. The lowest BCUT2D eigenvalue weighted by molar-refractivity contribution is 0.158. The molecule has 1 saturated carbocycles. The highest BCUT2D eigenvalue weighted by molar-refractivity contribution is 9.10. The average molecular weight is 352 g/mol. The maximum atomic E-state index is 5.87. The Hall–Kier alpha value is -0.540. The van der Waals surface area contributed by atoms with Crippen LogP contribution in [0, 0.1) is 11.8 Å². The van der Waals surface area contributed by atoms with Crippen molar-refractivity contribution in [2.75, 3.05) is 13.2 Å². The Balaban J connectivity index is 1.65. The fraction of sp³-hybridized carbons (Fsp3) is 0.667. The lowest BCUT2D eigenvalue weighted by atomic mass is 9.70. The largest absolute Gasteiger partial charge is 0.493 e. The molecular formula is C18H26BrNO. The van der Waals surface area contributed by atoms with Crippen LogP contribution in [0.1, 0.15) is 44.7 Å². The Bertz CT molecular complexity index is 521. The summed E-state index contributed by atoms with van der Waals surface area (Å²) in [6.07, 6.45) is 4.95. The monoisotopic (exact) mass is 351 g/mol. The Morgan fingerprint density at radius 1 is 1.24 bits per heavy atom. The fourth-order valence-electron chi connectivity index (χ4n) is 3.39. The number of hydrogen-bond donors (Lipinski definition) is 1. The molecule has 3 heteroatoms. The molecule has 0 bridgehead atoms. The second-order valence-corrected chi connectivity index (χ2v) is 8.50. The molecule has 2 atom stereocenters. The topological polar surface area (TPSA) is 21.3 Å². The number of benzene rings is 1. The van der Waals surface area contributed by atoms with Crippen LogP contribution in [0.15, 0.2) is 16.6 Å². The number of ether oxygens (including phenoxy) is 1. The molecule has 1 aromatic rings.